The van der Waals surface area contributed by atoms with Gasteiger partial charge >= 0.3 is 5.97 Å². The number of nitriles is 1. The molecule has 0 spiro atoms. The first kappa shape index (κ1) is 20.6. The highest BCUT2D eigenvalue weighted by atomic mass is 16.5. The van der Waals surface area contributed by atoms with Crippen LogP contribution in [0.15, 0.2) is 41.5 Å². The van der Waals surface area contributed by atoms with Gasteiger partial charge in [-0.1, -0.05) is 6.07 Å². The van der Waals surface area contributed by atoms with E-state index in [0.29, 0.717) is 27.7 Å². The summed E-state index contributed by atoms with van der Waals surface area (Å²) in [7, 11) is 3.39. The van der Waals surface area contributed by atoms with Gasteiger partial charge in [0, 0.05) is 31.9 Å². The second-order valence-corrected chi connectivity index (χ2v) is 7.70. The van der Waals surface area contributed by atoms with E-state index >= 15 is 0 Å². The molecule has 3 aromatic rings. The Labute approximate surface area is 179 Å². The molecule has 1 fully saturated rings. The van der Waals surface area contributed by atoms with E-state index in [-0.39, 0.29) is 5.56 Å². The lowest BCUT2D eigenvalue weighted by Crippen LogP contribution is -2.44. The Bertz CT molecular complexity index is 1270. The van der Waals surface area contributed by atoms with Crippen molar-refractivity contribution in [1.82, 2.24) is 14.5 Å². The maximum Gasteiger partial charge on any atom is 0.337 e. The number of nitrogens with zero attached hydrogens (tertiary/aromatic N) is 5. The molecule has 1 aliphatic heterocycles. The molecule has 0 N–H and O–H groups in total. The van der Waals surface area contributed by atoms with E-state index in [2.05, 4.69) is 27.9 Å². The number of carbonyl (C=O) groups is 1. The molecule has 0 saturated carbocycles. The zero-order valence-electron chi connectivity index (χ0n) is 17.8. The predicted octanol–water partition coefficient (Wildman–Crippen LogP) is 2.10. The van der Waals surface area contributed by atoms with E-state index < -0.39 is 5.97 Å². The van der Waals surface area contributed by atoms with Gasteiger partial charge in [-0.25, -0.2) is 9.78 Å². The van der Waals surface area contributed by atoms with Gasteiger partial charge < -0.3 is 14.5 Å². The third-order valence-corrected chi connectivity index (χ3v) is 5.72. The number of aromatic nitrogens is 2. The first-order valence-corrected chi connectivity index (χ1v) is 10.0. The molecular weight excluding hydrogens is 394 g/mol. The minimum Gasteiger partial charge on any atom is -0.465 e. The van der Waals surface area contributed by atoms with Gasteiger partial charge in [0.1, 0.15) is 12.4 Å². The third-order valence-electron chi connectivity index (χ3n) is 5.72. The Morgan fingerprint density at radius 1 is 1.16 bits per heavy atom. The number of anilines is 1. The quantitative estimate of drug-likeness (QED) is 0.603. The highest BCUT2D eigenvalue weighted by Crippen LogP contribution is 2.25. The summed E-state index contributed by atoms with van der Waals surface area (Å²) in [6, 6.07) is 10.8. The van der Waals surface area contributed by atoms with E-state index in [4.69, 9.17) is 4.74 Å². The first-order valence-electron chi connectivity index (χ1n) is 10.0. The fourth-order valence-corrected chi connectivity index (χ4v) is 3.84. The van der Waals surface area contributed by atoms with Gasteiger partial charge in [0.05, 0.1) is 34.8 Å². The largest absolute Gasteiger partial charge is 0.465 e. The number of hydrogen-bond donors (Lipinski definition) is 0. The lowest BCUT2D eigenvalue weighted by Gasteiger charge is -2.34. The maximum atomic E-state index is 13.5. The molecule has 1 saturated heterocycles. The van der Waals surface area contributed by atoms with Gasteiger partial charge in [-0.2, -0.15) is 5.26 Å². The Morgan fingerprint density at radius 3 is 2.58 bits per heavy atom. The fourth-order valence-electron chi connectivity index (χ4n) is 3.84. The third kappa shape index (κ3) is 3.76. The van der Waals surface area contributed by atoms with Gasteiger partial charge in [0.15, 0.2) is 0 Å². The Balaban J connectivity index is 1.88. The van der Waals surface area contributed by atoms with Crippen LogP contribution < -0.4 is 10.5 Å². The highest BCUT2D eigenvalue weighted by Gasteiger charge is 2.19. The molecule has 8 heteroatoms. The second kappa shape index (κ2) is 8.20. The maximum absolute atomic E-state index is 13.5. The van der Waals surface area contributed by atoms with Crippen LogP contribution in [0.1, 0.15) is 21.5 Å². The van der Waals surface area contributed by atoms with E-state index in [0.717, 1.165) is 37.4 Å². The van der Waals surface area contributed by atoms with E-state index in [9.17, 15) is 14.9 Å². The number of methoxy groups -OCH3 is 1. The molecule has 8 nitrogen and oxygen atoms in total. The van der Waals surface area contributed by atoms with E-state index in [1.807, 2.05) is 13.0 Å². The Kier molecular flexibility index (Phi) is 5.44. The van der Waals surface area contributed by atoms with Crippen molar-refractivity contribution in [2.24, 2.45) is 0 Å². The SMILES string of the molecule is COC(=O)c1ccc(C)c(-n2cnc3c(C#N)cc(N4CCN(C)CC4)cc3c2=O)c1. The highest BCUT2D eigenvalue weighted by molar-refractivity contribution is 5.90. The summed E-state index contributed by atoms with van der Waals surface area (Å²) in [6.07, 6.45) is 1.41. The monoisotopic (exact) mass is 417 g/mol. The van der Waals surface area contributed by atoms with Crippen LogP contribution in [0.4, 0.5) is 5.69 Å². The zero-order valence-corrected chi connectivity index (χ0v) is 17.8. The minimum absolute atomic E-state index is 0.289. The predicted molar refractivity (Wildman–Crippen MR) is 118 cm³/mol. The molecule has 31 heavy (non-hydrogen) atoms. The van der Waals surface area contributed by atoms with Crippen molar-refractivity contribution in [3.05, 3.63) is 63.7 Å². The van der Waals surface area contributed by atoms with Gasteiger partial charge in [0.25, 0.3) is 5.56 Å². The molecule has 4 rings (SSSR count). The number of esters is 1. The van der Waals surface area contributed by atoms with Crippen LogP contribution in [0.25, 0.3) is 16.6 Å². The average Bonchev–Trinajstić information content (AvgIpc) is 2.79. The molecule has 0 bridgehead atoms. The molecule has 2 heterocycles. The molecule has 0 amide bonds. The number of carbonyl (C=O) groups excluding carboxylic acids is 1. The summed E-state index contributed by atoms with van der Waals surface area (Å²) in [4.78, 5) is 34.3. The van der Waals surface area contributed by atoms with Crippen molar-refractivity contribution in [2.75, 3.05) is 45.2 Å². The van der Waals surface area contributed by atoms with Crippen molar-refractivity contribution in [3.8, 4) is 11.8 Å². The van der Waals surface area contributed by atoms with E-state index in [1.165, 1.54) is 18.0 Å². The summed E-state index contributed by atoms with van der Waals surface area (Å²) in [5.74, 6) is -0.479. The van der Waals surface area contributed by atoms with Gasteiger partial charge in [-0.05, 0) is 43.8 Å². The Morgan fingerprint density at radius 2 is 1.90 bits per heavy atom. The van der Waals surface area contributed by atoms with Gasteiger partial charge in [-0.3, -0.25) is 9.36 Å². The average molecular weight is 417 g/mol. The number of likely N-dealkylation sites (N-methyl/N-ethyl adjacent to an activating group) is 1. The summed E-state index contributed by atoms with van der Waals surface area (Å²) >= 11 is 0. The number of benzene rings is 2. The standard InChI is InChI=1S/C23H23N5O3/c1-15-4-5-16(23(30)31-3)11-20(15)28-14-25-21-17(13-24)10-18(12-19(21)22(28)29)27-8-6-26(2)7-9-27/h4-5,10-12,14H,6-9H2,1-3H3. The molecule has 1 aromatic heterocycles. The van der Waals surface area contributed by atoms with Gasteiger partial charge in [0.2, 0.25) is 0 Å². The normalized spacial score (nSPS) is 14.5. The number of fused-ring (bicyclic) bond motifs is 1. The van der Waals surface area contributed by atoms with Crippen LogP contribution in [0, 0.1) is 18.3 Å². The molecule has 0 atom stereocenters. The molecule has 0 aliphatic carbocycles. The first-order chi connectivity index (χ1) is 14.9. The summed E-state index contributed by atoms with van der Waals surface area (Å²) < 4.78 is 6.22. The lowest BCUT2D eigenvalue weighted by atomic mass is 10.1. The molecule has 0 unspecified atom stereocenters. The van der Waals surface area contributed by atoms with Crippen LogP contribution in [0.5, 0.6) is 0 Å². The topological polar surface area (TPSA) is 91.5 Å². The zero-order chi connectivity index (χ0) is 22.1. The van der Waals surface area contributed by atoms with Crippen molar-refractivity contribution in [1.29, 1.82) is 5.26 Å². The van der Waals surface area contributed by atoms with Crippen molar-refractivity contribution >= 4 is 22.6 Å². The second-order valence-electron chi connectivity index (χ2n) is 7.70. The summed E-state index contributed by atoms with van der Waals surface area (Å²) in [5.41, 5.74) is 3.01. The van der Waals surface area contributed by atoms with Crippen LogP contribution in [0.3, 0.4) is 0 Å². The smallest absolute Gasteiger partial charge is 0.337 e. The fraction of sp³-hybridized carbons (Fsp3) is 0.304. The number of piperazine rings is 1. The van der Waals surface area contributed by atoms with Crippen molar-refractivity contribution < 1.29 is 9.53 Å². The van der Waals surface area contributed by atoms with Crippen LogP contribution in [0.2, 0.25) is 0 Å². The van der Waals surface area contributed by atoms with Crippen LogP contribution >= 0.6 is 0 Å². The molecule has 158 valence electrons. The summed E-state index contributed by atoms with van der Waals surface area (Å²) in [6.45, 7) is 5.32. The van der Waals surface area contributed by atoms with Crippen LogP contribution in [-0.2, 0) is 4.74 Å². The van der Waals surface area contributed by atoms with Crippen molar-refractivity contribution in [3.63, 3.8) is 0 Å². The molecule has 2 aromatic carbocycles. The molecule has 0 radical (unpaired) electrons. The molecular formula is C23H23N5O3. The number of rotatable bonds is 3. The van der Waals surface area contributed by atoms with Crippen molar-refractivity contribution in [2.45, 2.75) is 6.92 Å². The number of ether oxygens (including phenoxy) is 1. The van der Waals surface area contributed by atoms with Gasteiger partial charge in [-0.15, -0.1) is 0 Å². The number of hydrogen-bond acceptors (Lipinski definition) is 7. The van der Waals surface area contributed by atoms with Crippen LogP contribution in [-0.4, -0.2) is 60.8 Å². The minimum atomic E-state index is -0.479. The lowest BCUT2D eigenvalue weighted by molar-refractivity contribution is 0.0600. The Hall–Kier alpha value is -3.70. The summed E-state index contributed by atoms with van der Waals surface area (Å²) in [5, 5.41) is 10.0. The number of aryl methyl sites for hydroxylation is 1. The van der Waals surface area contributed by atoms with E-state index in [1.54, 1.807) is 24.3 Å². The molecule has 1 aliphatic rings.